The van der Waals surface area contributed by atoms with Crippen molar-refractivity contribution in [2.24, 2.45) is 0 Å². The number of pyridine rings is 1. The molecule has 34 heavy (non-hydrogen) atoms. The lowest BCUT2D eigenvalue weighted by atomic mass is 9.92. The van der Waals surface area contributed by atoms with Crippen LogP contribution < -0.4 is 5.73 Å². The van der Waals surface area contributed by atoms with Gasteiger partial charge in [0.25, 0.3) is 0 Å². The number of carbonyl (C=O) groups is 1. The molecule has 9 nitrogen and oxygen atoms in total. The molecule has 3 aromatic heterocycles. The van der Waals surface area contributed by atoms with E-state index in [4.69, 9.17) is 19.6 Å². The van der Waals surface area contributed by atoms with Crippen molar-refractivity contribution in [3.05, 3.63) is 36.5 Å². The standard InChI is InChI=1S/C25H29N5O4/c1-16(31)29-8-4-19(5-9-29)30-15-18(13-28-30)21-14-27-24(26)23-20(21)12-22(34-23)17-2-6-25(7-3-17)32-10-11-33-25/h2,12-15,19H,3-11H2,1H3,(H2,26,27). The van der Waals surface area contributed by atoms with Crippen LogP contribution in [0.15, 0.2) is 35.2 Å². The van der Waals surface area contributed by atoms with E-state index >= 15 is 0 Å². The Labute approximate surface area is 197 Å². The monoisotopic (exact) mass is 463 g/mol. The Morgan fingerprint density at radius 1 is 1.21 bits per heavy atom. The number of furan rings is 1. The van der Waals surface area contributed by atoms with Crippen LogP contribution in [0.2, 0.25) is 0 Å². The molecular formula is C25H29N5O4. The third-order valence-electron chi connectivity index (χ3n) is 7.35. The molecule has 0 saturated carbocycles. The zero-order valence-electron chi connectivity index (χ0n) is 19.3. The summed E-state index contributed by atoms with van der Waals surface area (Å²) < 4.78 is 19.9. The number of hydrogen-bond donors (Lipinski definition) is 1. The van der Waals surface area contributed by atoms with Gasteiger partial charge in [-0.3, -0.25) is 9.48 Å². The van der Waals surface area contributed by atoms with E-state index in [0.29, 0.717) is 24.6 Å². The Balaban J connectivity index is 1.27. The van der Waals surface area contributed by atoms with Crippen LogP contribution in [0.1, 0.15) is 50.8 Å². The van der Waals surface area contributed by atoms with Gasteiger partial charge in [-0.05, 0) is 30.9 Å². The van der Waals surface area contributed by atoms with Gasteiger partial charge in [-0.2, -0.15) is 5.10 Å². The highest BCUT2D eigenvalue weighted by Crippen LogP contribution is 2.41. The lowest BCUT2D eigenvalue weighted by Gasteiger charge is -2.31. The van der Waals surface area contributed by atoms with E-state index < -0.39 is 5.79 Å². The van der Waals surface area contributed by atoms with Crippen LogP contribution in [0.4, 0.5) is 5.82 Å². The van der Waals surface area contributed by atoms with Gasteiger partial charge in [0, 0.05) is 61.8 Å². The molecule has 0 radical (unpaired) electrons. The number of allylic oxidation sites excluding steroid dienone is 1. The number of hydrogen-bond acceptors (Lipinski definition) is 7. The second kappa shape index (κ2) is 8.25. The van der Waals surface area contributed by atoms with Gasteiger partial charge in [-0.25, -0.2) is 4.98 Å². The number of nitrogens with zero attached hydrogens (tertiary/aromatic N) is 4. The lowest BCUT2D eigenvalue weighted by Crippen LogP contribution is -2.37. The highest BCUT2D eigenvalue weighted by atomic mass is 16.7. The van der Waals surface area contributed by atoms with Crippen molar-refractivity contribution in [3.8, 4) is 11.1 Å². The van der Waals surface area contributed by atoms with Gasteiger partial charge in [0.05, 0.1) is 25.5 Å². The Bertz CT molecular complexity index is 1260. The first-order valence-electron chi connectivity index (χ1n) is 12.0. The fraction of sp³-hybridized carbons (Fsp3) is 0.480. The quantitative estimate of drug-likeness (QED) is 0.630. The maximum Gasteiger partial charge on any atom is 0.219 e. The summed E-state index contributed by atoms with van der Waals surface area (Å²) in [7, 11) is 0. The van der Waals surface area contributed by atoms with E-state index in [0.717, 1.165) is 73.0 Å². The molecule has 3 aliphatic rings. The van der Waals surface area contributed by atoms with Crippen molar-refractivity contribution >= 4 is 28.3 Å². The number of nitrogens with two attached hydrogens (primary N) is 1. The first-order valence-corrected chi connectivity index (χ1v) is 12.0. The van der Waals surface area contributed by atoms with Gasteiger partial charge in [0.15, 0.2) is 17.2 Å². The fourth-order valence-electron chi connectivity index (χ4n) is 5.34. The number of piperidine rings is 1. The molecule has 0 unspecified atom stereocenters. The smallest absolute Gasteiger partial charge is 0.219 e. The third kappa shape index (κ3) is 3.69. The highest BCUT2D eigenvalue weighted by Gasteiger charge is 2.38. The van der Waals surface area contributed by atoms with Crippen molar-refractivity contribution in [1.82, 2.24) is 19.7 Å². The van der Waals surface area contributed by atoms with Crippen molar-refractivity contribution in [1.29, 1.82) is 0 Å². The van der Waals surface area contributed by atoms with E-state index in [9.17, 15) is 4.79 Å². The molecule has 1 spiro atoms. The molecule has 0 atom stereocenters. The van der Waals surface area contributed by atoms with Crippen molar-refractivity contribution in [3.63, 3.8) is 0 Å². The molecule has 3 aromatic rings. The first-order chi connectivity index (χ1) is 16.5. The van der Waals surface area contributed by atoms with E-state index in [2.05, 4.69) is 28.4 Å². The summed E-state index contributed by atoms with van der Waals surface area (Å²) in [5.41, 5.74) is 9.84. The molecule has 2 N–H and O–H groups in total. The SMILES string of the molecule is CC(=O)N1CCC(n2cc(-c3cnc(N)c4oc(C5=CCC6(CC5)OCCO6)cc34)cn2)CC1. The van der Waals surface area contributed by atoms with Gasteiger partial charge < -0.3 is 24.5 Å². The predicted molar refractivity (Wildman–Crippen MR) is 127 cm³/mol. The van der Waals surface area contributed by atoms with Crippen LogP contribution in [-0.2, 0) is 14.3 Å². The number of carbonyl (C=O) groups excluding carboxylic acids is 1. The molecule has 5 heterocycles. The molecule has 2 fully saturated rings. The van der Waals surface area contributed by atoms with Gasteiger partial charge in [0.1, 0.15) is 5.76 Å². The summed E-state index contributed by atoms with van der Waals surface area (Å²) in [4.78, 5) is 17.9. The number of likely N-dealkylation sites (tertiary alicyclic amines) is 1. The molecule has 0 bridgehead atoms. The number of nitrogen functional groups attached to an aromatic ring is 1. The number of ether oxygens (including phenoxy) is 2. The van der Waals surface area contributed by atoms with Gasteiger partial charge in [-0.1, -0.05) is 6.08 Å². The van der Waals surface area contributed by atoms with Crippen LogP contribution >= 0.6 is 0 Å². The third-order valence-corrected chi connectivity index (χ3v) is 7.35. The molecule has 1 aliphatic carbocycles. The van der Waals surface area contributed by atoms with E-state index in [1.165, 1.54) is 0 Å². The van der Waals surface area contributed by atoms with E-state index in [1.54, 1.807) is 13.1 Å². The molecule has 6 rings (SSSR count). The number of aromatic nitrogens is 3. The van der Waals surface area contributed by atoms with E-state index in [1.807, 2.05) is 15.8 Å². The molecule has 9 heteroatoms. The topological polar surface area (TPSA) is 109 Å². The van der Waals surface area contributed by atoms with Crippen LogP contribution in [0.3, 0.4) is 0 Å². The molecule has 1 amide bonds. The summed E-state index contributed by atoms with van der Waals surface area (Å²) in [6.07, 6.45) is 12.0. The normalized spacial score (nSPS) is 20.9. The Kier molecular flexibility index (Phi) is 5.18. The summed E-state index contributed by atoms with van der Waals surface area (Å²) in [5, 5.41) is 5.57. The summed E-state index contributed by atoms with van der Waals surface area (Å²) in [6.45, 7) is 4.47. The van der Waals surface area contributed by atoms with Crippen molar-refractivity contribution in [2.75, 3.05) is 32.0 Å². The maximum absolute atomic E-state index is 11.6. The van der Waals surface area contributed by atoms with Crippen LogP contribution in [-0.4, -0.2) is 57.7 Å². The summed E-state index contributed by atoms with van der Waals surface area (Å²) in [6, 6.07) is 2.34. The molecule has 2 saturated heterocycles. The Morgan fingerprint density at radius 2 is 2.00 bits per heavy atom. The van der Waals surface area contributed by atoms with Crippen LogP contribution in [0.5, 0.6) is 0 Å². The number of amides is 1. The average molecular weight is 464 g/mol. The number of anilines is 1. The second-order valence-electron chi connectivity index (χ2n) is 9.40. The van der Waals surface area contributed by atoms with Crippen LogP contribution in [0.25, 0.3) is 27.7 Å². The molecular weight excluding hydrogens is 434 g/mol. The second-order valence-corrected chi connectivity index (χ2v) is 9.40. The minimum atomic E-state index is -0.462. The van der Waals surface area contributed by atoms with Gasteiger partial charge in [0.2, 0.25) is 5.91 Å². The lowest BCUT2D eigenvalue weighted by molar-refractivity contribution is -0.159. The minimum absolute atomic E-state index is 0.136. The van der Waals surface area contributed by atoms with Crippen molar-refractivity contribution in [2.45, 2.75) is 50.9 Å². The maximum atomic E-state index is 11.6. The zero-order chi connectivity index (χ0) is 23.3. The van der Waals surface area contributed by atoms with Gasteiger partial charge in [-0.15, -0.1) is 0 Å². The summed E-state index contributed by atoms with van der Waals surface area (Å²) in [5.74, 6) is 0.866. The predicted octanol–water partition coefficient (Wildman–Crippen LogP) is 3.77. The van der Waals surface area contributed by atoms with Gasteiger partial charge >= 0.3 is 0 Å². The average Bonchev–Trinajstić information content (AvgIpc) is 3.61. The largest absolute Gasteiger partial charge is 0.453 e. The van der Waals surface area contributed by atoms with Crippen molar-refractivity contribution < 1.29 is 18.7 Å². The minimum Gasteiger partial charge on any atom is -0.453 e. The highest BCUT2D eigenvalue weighted by molar-refractivity contribution is 5.99. The van der Waals surface area contributed by atoms with E-state index in [-0.39, 0.29) is 11.9 Å². The molecule has 0 aromatic carbocycles. The van der Waals surface area contributed by atoms with Crippen LogP contribution in [0, 0.1) is 0 Å². The Hall–Kier alpha value is -3.17. The Morgan fingerprint density at radius 3 is 2.71 bits per heavy atom. The fourth-order valence-corrected chi connectivity index (χ4v) is 5.34. The first kappa shape index (κ1) is 21.4. The zero-order valence-corrected chi connectivity index (χ0v) is 19.3. The molecule has 178 valence electrons. The summed E-state index contributed by atoms with van der Waals surface area (Å²) >= 11 is 0. The number of rotatable bonds is 3. The number of fused-ring (bicyclic) bond motifs is 1. The molecule has 2 aliphatic heterocycles.